The fourth-order valence-electron chi connectivity index (χ4n) is 0.663. The summed E-state index contributed by atoms with van der Waals surface area (Å²) >= 11 is 1.79. The number of allylic oxidation sites excluding steroid dienone is 1. The standard InChI is InChI=1S/C7H10SSi/c1-2-5-9-7-3-4-8-6-7/h2-6H,9H2,1H3. The maximum absolute atomic E-state index is 2.31. The molecule has 0 saturated carbocycles. The van der Waals surface area contributed by atoms with E-state index in [1.165, 1.54) is 0 Å². The third-order valence-electron chi connectivity index (χ3n) is 1.17. The molecule has 0 nitrogen and oxygen atoms in total. The Kier molecular flexibility index (Phi) is 2.74. The molecule has 0 N–H and O–H groups in total. The summed E-state index contributed by atoms with van der Waals surface area (Å²) < 4.78 is 0. The van der Waals surface area contributed by atoms with E-state index < -0.39 is 0 Å². The van der Waals surface area contributed by atoms with Crippen LogP contribution in [0.1, 0.15) is 6.92 Å². The first-order valence-corrected chi connectivity index (χ1v) is 5.52. The lowest BCUT2D eigenvalue weighted by Crippen LogP contribution is -2.06. The van der Waals surface area contributed by atoms with Crippen LogP contribution in [0.2, 0.25) is 0 Å². The normalized spacial score (nSPS) is 12.1. The molecule has 2 heteroatoms. The van der Waals surface area contributed by atoms with Crippen LogP contribution < -0.4 is 5.19 Å². The van der Waals surface area contributed by atoms with E-state index in [1.807, 2.05) is 0 Å². The van der Waals surface area contributed by atoms with E-state index in [0.717, 1.165) is 0 Å². The van der Waals surface area contributed by atoms with Crippen molar-refractivity contribution >= 4 is 26.0 Å². The van der Waals surface area contributed by atoms with Gasteiger partial charge in [-0.3, -0.25) is 0 Å². The summed E-state index contributed by atoms with van der Waals surface area (Å²) in [7, 11) is -0.0394. The molecule has 1 heterocycles. The van der Waals surface area contributed by atoms with Gasteiger partial charge in [0.2, 0.25) is 0 Å². The van der Waals surface area contributed by atoms with Gasteiger partial charge in [0.05, 0.1) is 9.52 Å². The summed E-state index contributed by atoms with van der Waals surface area (Å²) in [6.07, 6.45) is 2.14. The summed E-state index contributed by atoms with van der Waals surface area (Å²) in [6, 6.07) is 2.22. The highest BCUT2D eigenvalue weighted by Gasteiger charge is 1.86. The number of rotatable bonds is 2. The minimum absolute atomic E-state index is 0.0394. The van der Waals surface area contributed by atoms with Crippen LogP contribution in [-0.2, 0) is 0 Å². The lowest BCUT2D eigenvalue weighted by molar-refractivity contribution is 1.78. The topological polar surface area (TPSA) is 0 Å². The Balaban J connectivity index is 2.48. The lowest BCUT2D eigenvalue weighted by atomic mass is 10.7. The van der Waals surface area contributed by atoms with Gasteiger partial charge in [-0.05, 0) is 17.7 Å². The van der Waals surface area contributed by atoms with Crippen molar-refractivity contribution in [3.05, 3.63) is 28.6 Å². The van der Waals surface area contributed by atoms with Crippen molar-refractivity contribution in [2.75, 3.05) is 0 Å². The van der Waals surface area contributed by atoms with Crippen molar-refractivity contribution in [2.24, 2.45) is 0 Å². The van der Waals surface area contributed by atoms with E-state index in [2.05, 4.69) is 35.5 Å². The highest BCUT2D eigenvalue weighted by Crippen LogP contribution is 1.91. The lowest BCUT2D eigenvalue weighted by Gasteiger charge is -1.82. The van der Waals surface area contributed by atoms with E-state index in [1.54, 1.807) is 16.5 Å². The molecule has 9 heavy (non-hydrogen) atoms. The van der Waals surface area contributed by atoms with Crippen molar-refractivity contribution in [1.82, 2.24) is 0 Å². The molecule has 0 unspecified atom stereocenters. The number of hydrogen-bond donors (Lipinski definition) is 0. The Hall–Kier alpha value is -0.343. The van der Waals surface area contributed by atoms with Gasteiger partial charge in [0.1, 0.15) is 0 Å². The van der Waals surface area contributed by atoms with Gasteiger partial charge in [0.15, 0.2) is 0 Å². The average molecular weight is 154 g/mol. The van der Waals surface area contributed by atoms with Gasteiger partial charge in [-0.15, -0.1) is 5.70 Å². The van der Waals surface area contributed by atoms with Crippen LogP contribution in [0.15, 0.2) is 28.6 Å². The molecule has 0 aliphatic rings. The van der Waals surface area contributed by atoms with Crippen LogP contribution in [0, 0.1) is 0 Å². The maximum atomic E-state index is 2.31. The second-order valence-corrected chi connectivity index (χ2v) is 4.38. The van der Waals surface area contributed by atoms with E-state index in [-0.39, 0.29) is 9.52 Å². The first-order valence-electron chi connectivity index (χ1n) is 3.05. The van der Waals surface area contributed by atoms with Crippen molar-refractivity contribution in [2.45, 2.75) is 6.92 Å². The minimum atomic E-state index is -0.0394. The zero-order chi connectivity index (χ0) is 6.53. The monoisotopic (exact) mass is 154 g/mol. The Morgan fingerprint density at radius 1 is 1.67 bits per heavy atom. The second kappa shape index (κ2) is 3.64. The first-order chi connectivity index (χ1) is 4.43. The van der Waals surface area contributed by atoms with E-state index in [9.17, 15) is 0 Å². The fraction of sp³-hybridized carbons (Fsp3) is 0.143. The van der Waals surface area contributed by atoms with Crippen molar-refractivity contribution in [3.8, 4) is 0 Å². The SMILES string of the molecule is CC=C[SiH2]c1ccsc1. The van der Waals surface area contributed by atoms with Gasteiger partial charge in [0.25, 0.3) is 0 Å². The molecule has 0 amide bonds. The van der Waals surface area contributed by atoms with Crippen LogP contribution in [0.3, 0.4) is 0 Å². The molecule has 0 fully saturated rings. The molecular formula is C7H10SSi. The molecule has 0 aromatic carbocycles. The first kappa shape index (κ1) is 6.77. The van der Waals surface area contributed by atoms with Gasteiger partial charge >= 0.3 is 0 Å². The summed E-state index contributed by atoms with van der Waals surface area (Å²) in [5.74, 6) is 0. The zero-order valence-electron chi connectivity index (χ0n) is 5.50. The molecule has 0 aliphatic heterocycles. The van der Waals surface area contributed by atoms with Crippen molar-refractivity contribution < 1.29 is 0 Å². The van der Waals surface area contributed by atoms with Crippen molar-refractivity contribution in [1.29, 1.82) is 0 Å². The quantitative estimate of drug-likeness (QED) is 0.559. The molecule has 1 rings (SSSR count). The second-order valence-electron chi connectivity index (χ2n) is 1.90. The van der Waals surface area contributed by atoms with Crippen LogP contribution >= 0.6 is 11.3 Å². The van der Waals surface area contributed by atoms with Gasteiger partial charge < -0.3 is 0 Å². The Labute approximate surface area is 62.1 Å². The molecule has 48 valence electrons. The number of thiophene rings is 1. The summed E-state index contributed by atoms with van der Waals surface area (Å²) in [5, 5.41) is 5.94. The summed E-state index contributed by atoms with van der Waals surface area (Å²) in [6.45, 7) is 2.08. The van der Waals surface area contributed by atoms with Gasteiger partial charge in [0, 0.05) is 0 Å². The predicted octanol–water partition coefficient (Wildman–Crippen LogP) is 1.08. The fourth-order valence-corrected chi connectivity index (χ4v) is 2.85. The van der Waals surface area contributed by atoms with Crippen molar-refractivity contribution in [3.63, 3.8) is 0 Å². The highest BCUT2D eigenvalue weighted by molar-refractivity contribution is 7.09. The van der Waals surface area contributed by atoms with Crippen LogP contribution in [0.5, 0.6) is 0 Å². The summed E-state index contributed by atoms with van der Waals surface area (Å²) in [5.41, 5.74) is 2.31. The molecule has 0 bridgehead atoms. The molecule has 0 aliphatic carbocycles. The van der Waals surface area contributed by atoms with Gasteiger partial charge in [-0.25, -0.2) is 0 Å². The van der Waals surface area contributed by atoms with Crippen LogP contribution in [0.4, 0.5) is 0 Å². The molecule has 0 radical (unpaired) electrons. The summed E-state index contributed by atoms with van der Waals surface area (Å²) in [4.78, 5) is 0. The maximum Gasteiger partial charge on any atom is 0.0790 e. The van der Waals surface area contributed by atoms with E-state index in [0.29, 0.717) is 0 Å². The zero-order valence-corrected chi connectivity index (χ0v) is 7.73. The predicted molar refractivity (Wildman–Crippen MR) is 47.3 cm³/mol. The minimum Gasteiger partial charge on any atom is -0.153 e. The van der Waals surface area contributed by atoms with E-state index >= 15 is 0 Å². The van der Waals surface area contributed by atoms with E-state index in [4.69, 9.17) is 0 Å². The van der Waals surface area contributed by atoms with Crippen LogP contribution in [0.25, 0.3) is 0 Å². The van der Waals surface area contributed by atoms with Gasteiger partial charge in [-0.1, -0.05) is 17.3 Å². The molecule has 0 spiro atoms. The molecule has 0 atom stereocenters. The number of hydrogen-bond acceptors (Lipinski definition) is 1. The average Bonchev–Trinajstić information content (AvgIpc) is 2.34. The Bertz CT molecular complexity index is 177. The smallest absolute Gasteiger partial charge is 0.0790 e. The third kappa shape index (κ3) is 2.16. The van der Waals surface area contributed by atoms with Crippen LogP contribution in [-0.4, -0.2) is 9.52 Å². The molecular weight excluding hydrogens is 144 g/mol. The molecule has 0 saturated heterocycles. The van der Waals surface area contributed by atoms with Gasteiger partial charge in [-0.2, -0.15) is 11.3 Å². The molecule has 1 aromatic rings. The third-order valence-corrected chi connectivity index (χ3v) is 3.82. The molecule has 1 aromatic heterocycles. The largest absolute Gasteiger partial charge is 0.153 e. The Morgan fingerprint density at radius 3 is 3.11 bits per heavy atom. The Morgan fingerprint density at radius 2 is 2.56 bits per heavy atom. The highest BCUT2D eigenvalue weighted by atomic mass is 32.1.